The number of rotatable bonds is 3. The van der Waals surface area contributed by atoms with Crippen molar-refractivity contribution in [1.82, 2.24) is 9.97 Å². The van der Waals surface area contributed by atoms with Gasteiger partial charge in [0.2, 0.25) is 0 Å². The average molecular weight is 513 g/mol. The number of amides is 1. The number of aromatic nitrogens is 2. The third-order valence-electron chi connectivity index (χ3n) is 4.01. The summed E-state index contributed by atoms with van der Waals surface area (Å²) in [5.41, 5.74) is 5.89. The Bertz CT molecular complexity index is 1350. The molecule has 4 rings (SSSR count). The minimum atomic E-state index is -0.814. The molecule has 0 aliphatic carbocycles. The highest BCUT2D eigenvalue weighted by Crippen LogP contribution is 2.11. The first-order valence-electron chi connectivity index (χ1n) is 10.5. The molecule has 3 N–H and O–H groups in total. The van der Waals surface area contributed by atoms with Crippen LogP contribution >= 0.6 is 11.6 Å². The van der Waals surface area contributed by atoms with Crippen LogP contribution in [0.1, 0.15) is 11.1 Å². The van der Waals surface area contributed by atoms with Gasteiger partial charge in [-0.2, -0.15) is 0 Å². The van der Waals surface area contributed by atoms with Crippen molar-refractivity contribution in [2.24, 2.45) is 0 Å². The van der Waals surface area contributed by atoms with E-state index < -0.39 is 11.5 Å². The fourth-order valence-electron chi connectivity index (χ4n) is 2.35. The average Bonchev–Trinajstić information content (AvgIpc) is 2.91. The molecule has 0 saturated carbocycles. The molecule has 0 spiro atoms. The zero-order chi connectivity index (χ0) is 26.9. The second-order valence-electron chi connectivity index (χ2n) is 6.67. The van der Waals surface area contributed by atoms with E-state index in [2.05, 4.69) is 31.9 Å². The number of carbonyl (C=O) groups excluding carboxylic acids is 2. The quantitative estimate of drug-likeness (QED) is 0.265. The number of nitrogens with two attached hydrogens (primary N) is 1. The van der Waals surface area contributed by atoms with E-state index in [1.54, 1.807) is 79.0 Å². The van der Waals surface area contributed by atoms with Gasteiger partial charge in [-0.05, 0) is 48.5 Å². The number of nitrogens with zero attached hydrogens (tertiary/aromatic N) is 2. The summed E-state index contributed by atoms with van der Waals surface area (Å²) in [5.74, 6) is 6.68. The molecular formula is C28H21ClN4O4. The van der Waals surface area contributed by atoms with Crippen molar-refractivity contribution in [2.45, 2.75) is 0 Å². The molecule has 0 aliphatic heterocycles. The summed E-state index contributed by atoms with van der Waals surface area (Å²) in [4.78, 5) is 29.4. The number of hydrogen-bond donors (Lipinski definition) is 2. The highest BCUT2D eigenvalue weighted by molar-refractivity contribution is 6.61. The number of pyridine rings is 2. The number of halogens is 1. The van der Waals surface area contributed by atoms with Crippen LogP contribution in [-0.4, -0.2) is 21.5 Å². The van der Waals surface area contributed by atoms with Crippen LogP contribution in [0.15, 0.2) is 97.3 Å². The van der Waals surface area contributed by atoms with Gasteiger partial charge < -0.3 is 15.2 Å². The third kappa shape index (κ3) is 11.6. The summed E-state index contributed by atoms with van der Waals surface area (Å²) >= 11 is 4.95. The number of nitrogen functional groups attached to an aromatic ring is 1. The summed E-state index contributed by atoms with van der Waals surface area (Å²) in [6, 6.07) is 24.2. The first-order chi connectivity index (χ1) is 17.9. The number of carbonyl (C=O) groups is 2. The van der Waals surface area contributed by atoms with E-state index in [0.717, 1.165) is 5.56 Å². The Labute approximate surface area is 219 Å². The summed E-state index contributed by atoms with van der Waals surface area (Å²) in [6.45, 7) is 0. The third-order valence-corrected chi connectivity index (χ3v) is 4.09. The van der Waals surface area contributed by atoms with Gasteiger partial charge in [0.15, 0.2) is 0 Å². The first-order valence-corrected chi connectivity index (χ1v) is 10.8. The number of hydrogen-bond acceptors (Lipinski definition) is 7. The second kappa shape index (κ2) is 15.6. The molecule has 0 atom stereocenters. The van der Waals surface area contributed by atoms with Crippen molar-refractivity contribution >= 4 is 34.8 Å². The number of anilines is 2. The summed E-state index contributed by atoms with van der Waals surface area (Å²) in [5, 5.41) is 2.50. The Morgan fingerprint density at radius 3 is 1.70 bits per heavy atom. The van der Waals surface area contributed by atoms with Crippen molar-refractivity contribution in [1.29, 1.82) is 0 Å². The Morgan fingerprint density at radius 1 is 0.757 bits per heavy atom. The van der Waals surface area contributed by atoms with E-state index in [-0.39, 0.29) is 0 Å². The van der Waals surface area contributed by atoms with E-state index in [4.69, 9.17) is 34.9 Å². The van der Waals surface area contributed by atoms with Gasteiger partial charge >= 0.3 is 11.5 Å². The highest BCUT2D eigenvalue weighted by Gasteiger charge is 2.05. The molecule has 184 valence electrons. The second-order valence-corrected chi connectivity index (χ2v) is 6.98. The van der Waals surface area contributed by atoms with Crippen LogP contribution in [0.2, 0.25) is 0 Å². The van der Waals surface area contributed by atoms with Gasteiger partial charge in [-0.15, -0.1) is 12.8 Å². The Kier molecular flexibility index (Phi) is 11.8. The van der Waals surface area contributed by atoms with Crippen molar-refractivity contribution < 1.29 is 19.1 Å². The van der Waals surface area contributed by atoms with Crippen LogP contribution in [0.5, 0.6) is 11.5 Å². The van der Waals surface area contributed by atoms with Gasteiger partial charge in [-0.3, -0.25) is 5.32 Å². The molecule has 2 aromatic heterocycles. The van der Waals surface area contributed by atoms with E-state index in [0.29, 0.717) is 28.7 Å². The standard InChI is InChI=1S/C14H10N2O2.C7H5ClO2.C7H6N2/c1-2-11-8-9-13(15-10-11)16-14(17)18-12-6-4-3-5-7-12;8-7(9)10-6-4-2-1-3-5-6;1-2-6-3-4-7(8)9-5-6/h1,3-10H,(H,15,16,17);1-5H;1,3-5H,(H2,8,9). The van der Waals surface area contributed by atoms with Gasteiger partial charge in [0, 0.05) is 35.1 Å². The number of benzene rings is 2. The first kappa shape index (κ1) is 27.9. The molecule has 0 radical (unpaired) electrons. The van der Waals surface area contributed by atoms with Gasteiger partial charge in [-0.25, -0.2) is 19.6 Å². The van der Waals surface area contributed by atoms with E-state index in [9.17, 15) is 9.59 Å². The fourth-order valence-corrected chi connectivity index (χ4v) is 2.44. The Morgan fingerprint density at radius 2 is 1.27 bits per heavy atom. The minimum absolute atomic E-state index is 0.384. The SMILES string of the molecule is C#Cc1ccc(N)nc1.C#Cc1ccc(NC(=O)Oc2ccccc2)nc1.O=C(Cl)Oc1ccccc1. The van der Waals surface area contributed by atoms with E-state index in [1.807, 2.05) is 12.1 Å². The molecule has 4 aromatic rings. The lowest BCUT2D eigenvalue weighted by Crippen LogP contribution is -2.17. The Balaban J connectivity index is 0.000000214. The summed E-state index contributed by atoms with van der Waals surface area (Å²) in [6.07, 6.45) is 12.7. The van der Waals surface area contributed by atoms with Gasteiger partial charge in [-0.1, -0.05) is 48.2 Å². The predicted octanol–water partition coefficient (Wildman–Crippen LogP) is 5.74. The zero-order valence-corrected chi connectivity index (χ0v) is 20.1. The molecule has 9 heteroatoms. The monoisotopic (exact) mass is 512 g/mol. The Hall–Kier alpha value is -5.31. The lowest BCUT2D eigenvalue weighted by Gasteiger charge is -2.05. The maximum Gasteiger partial charge on any atom is 0.418 e. The van der Waals surface area contributed by atoms with Crippen LogP contribution < -0.4 is 20.5 Å². The van der Waals surface area contributed by atoms with Crippen LogP contribution in [0.4, 0.5) is 21.2 Å². The van der Waals surface area contributed by atoms with Crippen molar-refractivity contribution in [2.75, 3.05) is 11.1 Å². The maximum atomic E-state index is 11.5. The highest BCUT2D eigenvalue weighted by atomic mass is 35.5. The molecule has 2 heterocycles. The molecule has 37 heavy (non-hydrogen) atoms. The molecular weight excluding hydrogens is 492 g/mol. The van der Waals surface area contributed by atoms with Gasteiger partial charge in [0.1, 0.15) is 23.1 Å². The van der Waals surface area contributed by atoms with Crippen molar-refractivity contribution in [3.63, 3.8) is 0 Å². The topological polar surface area (TPSA) is 116 Å². The number of para-hydroxylation sites is 2. The van der Waals surface area contributed by atoms with E-state index >= 15 is 0 Å². The summed E-state index contributed by atoms with van der Waals surface area (Å²) < 4.78 is 9.59. The molecule has 1 amide bonds. The molecule has 0 fully saturated rings. The van der Waals surface area contributed by atoms with Crippen molar-refractivity contribution in [3.05, 3.63) is 108 Å². The summed E-state index contributed by atoms with van der Waals surface area (Å²) in [7, 11) is 0. The molecule has 2 aromatic carbocycles. The lowest BCUT2D eigenvalue weighted by molar-refractivity contribution is 0.215. The van der Waals surface area contributed by atoms with Crippen LogP contribution in [0.25, 0.3) is 0 Å². The molecule has 8 nitrogen and oxygen atoms in total. The fraction of sp³-hybridized carbons (Fsp3) is 0. The predicted molar refractivity (Wildman–Crippen MR) is 143 cm³/mol. The molecule has 0 saturated heterocycles. The zero-order valence-electron chi connectivity index (χ0n) is 19.4. The van der Waals surface area contributed by atoms with Crippen LogP contribution in [0.3, 0.4) is 0 Å². The van der Waals surface area contributed by atoms with Crippen LogP contribution in [0, 0.1) is 24.7 Å². The van der Waals surface area contributed by atoms with Gasteiger partial charge in [0.05, 0.1) is 0 Å². The normalized spacial score (nSPS) is 8.95. The van der Waals surface area contributed by atoms with Crippen LogP contribution in [-0.2, 0) is 0 Å². The number of ether oxygens (including phenoxy) is 2. The van der Waals surface area contributed by atoms with E-state index in [1.165, 1.54) is 6.20 Å². The molecule has 0 unspecified atom stereocenters. The smallest absolute Gasteiger partial charge is 0.415 e. The lowest BCUT2D eigenvalue weighted by atomic mass is 10.3. The largest absolute Gasteiger partial charge is 0.418 e. The molecule has 0 aliphatic rings. The van der Waals surface area contributed by atoms with Gasteiger partial charge in [0.25, 0.3) is 0 Å². The number of terminal acetylenes is 2. The minimum Gasteiger partial charge on any atom is -0.415 e. The van der Waals surface area contributed by atoms with Crippen molar-refractivity contribution in [3.8, 4) is 36.2 Å². The molecule has 0 bridgehead atoms. The maximum absolute atomic E-state index is 11.5. The number of nitrogens with one attached hydrogen (secondary N) is 1.